The van der Waals surface area contributed by atoms with Crippen molar-refractivity contribution in [3.63, 3.8) is 0 Å². The SMILES string of the molecule is CC1=C2C[C@H]3C(CC=C4CC(O)CCC43C)[C@@H]2CCC2(C1)O[C@@H]1CC(C)CN(CCCl)[C@H]1[C@H]2C. The second kappa shape index (κ2) is 8.61. The maximum absolute atomic E-state index is 10.3. The molecule has 3 nitrogen and oxygen atoms in total. The molecule has 6 rings (SSSR count). The number of nitrogens with zero attached hydrogens (tertiary/aromatic N) is 1. The number of hydrogen-bond donors (Lipinski definition) is 1. The molecule has 4 heteroatoms. The molecule has 190 valence electrons. The van der Waals surface area contributed by atoms with Crippen LogP contribution < -0.4 is 0 Å². The number of allylic oxidation sites excluding steroid dienone is 2. The molecule has 1 N–H and O–H groups in total. The molecule has 0 aromatic rings. The van der Waals surface area contributed by atoms with Crippen molar-refractivity contribution in [3.8, 4) is 0 Å². The largest absolute Gasteiger partial charge is 0.393 e. The van der Waals surface area contributed by atoms with Gasteiger partial charge in [0.2, 0.25) is 0 Å². The maximum atomic E-state index is 10.3. The van der Waals surface area contributed by atoms with E-state index in [1.54, 1.807) is 16.7 Å². The standard InChI is InChI=1S/C30H46ClNO2/c1-18-13-27-28(32(17-18)12-11-31)20(3)30(34-27)10-8-23-24-6-5-21-14-22(33)7-9-29(21,4)26(24)15-25(23)19(2)16-30/h5,18,20,22-24,26-28,33H,6-17H2,1-4H3/t18?,20-,22?,23+,24?,26+,27-,28+,29?,30?/m1/s1. The highest BCUT2D eigenvalue weighted by molar-refractivity contribution is 6.18. The quantitative estimate of drug-likeness (QED) is 0.364. The van der Waals surface area contributed by atoms with Crippen molar-refractivity contribution in [2.24, 2.45) is 35.0 Å². The third-order valence-electron chi connectivity index (χ3n) is 11.6. The third kappa shape index (κ3) is 3.54. The normalized spacial score (nSPS) is 50.9. The molecule has 0 aromatic heterocycles. The summed E-state index contributed by atoms with van der Waals surface area (Å²) in [6.07, 6.45) is 13.2. The van der Waals surface area contributed by atoms with Gasteiger partial charge in [0.25, 0.3) is 0 Å². The van der Waals surface area contributed by atoms with E-state index >= 15 is 0 Å². The zero-order valence-electron chi connectivity index (χ0n) is 21.9. The molecule has 2 saturated carbocycles. The molecule has 1 spiro atoms. The Labute approximate surface area is 212 Å². The second-order valence-corrected chi connectivity index (χ2v) is 13.8. The number of aliphatic hydroxyl groups is 1. The highest BCUT2D eigenvalue weighted by atomic mass is 35.5. The number of halogens is 1. The van der Waals surface area contributed by atoms with E-state index in [2.05, 4.69) is 38.7 Å². The van der Waals surface area contributed by atoms with Gasteiger partial charge in [-0.15, -0.1) is 11.6 Å². The van der Waals surface area contributed by atoms with Gasteiger partial charge in [0.15, 0.2) is 0 Å². The van der Waals surface area contributed by atoms with Crippen molar-refractivity contribution in [2.45, 2.75) is 109 Å². The minimum atomic E-state index is -0.116. The Bertz CT molecular complexity index is 883. The molecule has 0 radical (unpaired) electrons. The van der Waals surface area contributed by atoms with Crippen LogP contribution in [0.2, 0.25) is 0 Å². The van der Waals surface area contributed by atoms with Gasteiger partial charge in [0.1, 0.15) is 0 Å². The Balaban J connectivity index is 1.27. The Hall–Kier alpha value is -0.350. The predicted octanol–water partition coefficient (Wildman–Crippen LogP) is 6.34. The van der Waals surface area contributed by atoms with Crippen LogP contribution >= 0.6 is 11.6 Å². The lowest BCUT2D eigenvalue weighted by molar-refractivity contribution is -0.0789. The van der Waals surface area contributed by atoms with E-state index in [9.17, 15) is 5.11 Å². The Morgan fingerprint density at radius 2 is 2.03 bits per heavy atom. The molecule has 34 heavy (non-hydrogen) atoms. The summed E-state index contributed by atoms with van der Waals surface area (Å²) in [5.74, 6) is 4.27. The number of fused-ring (bicyclic) bond motifs is 6. The van der Waals surface area contributed by atoms with Crippen LogP contribution in [-0.4, -0.2) is 52.8 Å². The van der Waals surface area contributed by atoms with E-state index in [0.29, 0.717) is 29.4 Å². The Morgan fingerprint density at radius 1 is 1.21 bits per heavy atom. The van der Waals surface area contributed by atoms with Crippen LogP contribution in [0, 0.1) is 35.0 Å². The van der Waals surface area contributed by atoms with Crippen molar-refractivity contribution in [2.75, 3.05) is 19.0 Å². The summed E-state index contributed by atoms with van der Waals surface area (Å²) in [5, 5.41) is 10.3. The van der Waals surface area contributed by atoms with Crippen LogP contribution in [-0.2, 0) is 4.74 Å². The highest BCUT2D eigenvalue weighted by Gasteiger charge is 2.59. The second-order valence-electron chi connectivity index (χ2n) is 13.4. The highest BCUT2D eigenvalue weighted by Crippen LogP contribution is 2.63. The summed E-state index contributed by atoms with van der Waals surface area (Å²) in [6, 6.07) is 0.534. The summed E-state index contributed by atoms with van der Waals surface area (Å²) in [4.78, 5) is 2.67. The van der Waals surface area contributed by atoms with Gasteiger partial charge in [0, 0.05) is 30.9 Å². The fourth-order valence-electron chi connectivity index (χ4n) is 9.95. The lowest BCUT2D eigenvalue weighted by atomic mass is 9.56. The van der Waals surface area contributed by atoms with Crippen LogP contribution in [0.3, 0.4) is 0 Å². The molecule has 4 fully saturated rings. The van der Waals surface area contributed by atoms with Crippen molar-refractivity contribution in [1.82, 2.24) is 4.90 Å². The zero-order valence-corrected chi connectivity index (χ0v) is 22.6. The topological polar surface area (TPSA) is 32.7 Å². The number of alkyl halides is 1. The number of ether oxygens (including phenoxy) is 1. The summed E-state index contributed by atoms with van der Waals surface area (Å²) < 4.78 is 7.16. The zero-order chi connectivity index (χ0) is 23.8. The van der Waals surface area contributed by atoms with Crippen LogP contribution in [0.25, 0.3) is 0 Å². The molecule has 10 atom stereocenters. The van der Waals surface area contributed by atoms with Crippen LogP contribution in [0.5, 0.6) is 0 Å². The molecule has 4 aliphatic carbocycles. The van der Waals surface area contributed by atoms with E-state index in [-0.39, 0.29) is 11.7 Å². The Morgan fingerprint density at radius 3 is 2.82 bits per heavy atom. The minimum absolute atomic E-state index is 0.00932. The van der Waals surface area contributed by atoms with Gasteiger partial charge in [0.05, 0.1) is 17.8 Å². The van der Waals surface area contributed by atoms with Crippen LogP contribution in [0.4, 0.5) is 0 Å². The number of piperidine rings is 1. The maximum Gasteiger partial charge on any atom is 0.0765 e. The molecule has 0 bridgehead atoms. The monoisotopic (exact) mass is 487 g/mol. The summed E-state index contributed by atoms with van der Waals surface area (Å²) in [6.45, 7) is 12.0. The van der Waals surface area contributed by atoms with Crippen LogP contribution in [0.15, 0.2) is 22.8 Å². The fraction of sp³-hybridized carbons (Fsp3) is 0.867. The molecule has 2 aliphatic heterocycles. The van der Waals surface area contributed by atoms with E-state index in [0.717, 1.165) is 49.4 Å². The molecule has 0 aromatic carbocycles. The molecule has 2 saturated heterocycles. The molecule has 6 aliphatic rings. The van der Waals surface area contributed by atoms with Gasteiger partial charge in [-0.25, -0.2) is 0 Å². The first-order valence-electron chi connectivity index (χ1n) is 14.3. The molecule has 0 amide bonds. The van der Waals surface area contributed by atoms with Gasteiger partial charge in [-0.1, -0.05) is 43.6 Å². The first-order chi connectivity index (χ1) is 16.3. The lowest BCUT2D eigenvalue weighted by Crippen LogP contribution is -2.52. The van der Waals surface area contributed by atoms with Gasteiger partial charge >= 0.3 is 0 Å². The van der Waals surface area contributed by atoms with E-state index in [1.807, 2.05) is 0 Å². The lowest BCUT2D eigenvalue weighted by Gasteiger charge is -2.49. The van der Waals surface area contributed by atoms with Crippen molar-refractivity contribution in [3.05, 3.63) is 22.8 Å². The summed E-state index contributed by atoms with van der Waals surface area (Å²) in [7, 11) is 0. The van der Waals surface area contributed by atoms with E-state index in [1.165, 1.54) is 45.1 Å². The molecular formula is C30H46ClNO2. The number of rotatable bonds is 2. The van der Waals surface area contributed by atoms with Gasteiger partial charge < -0.3 is 9.84 Å². The van der Waals surface area contributed by atoms with Gasteiger partial charge in [-0.3, -0.25) is 4.90 Å². The molecular weight excluding hydrogens is 442 g/mol. The minimum Gasteiger partial charge on any atom is -0.393 e. The van der Waals surface area contributed by atoms with E-state index in [4.69, 9.17) is 16.3 Å². The first-order valence-corrected chi connectivity index (χ1v) is 14.8. The Kier molecular flexibility index (Phi) is 6.08. The van der Waals surface area contributed by atoms with Gasteiger partial charge in [-0.05, 0) is 93.8 Å². The van der Waals surface area contributed by atoms with Crippen LogP contribution in [0.1, 0.15) is 85.5 Å². The molecule has 2 heterocycles. The molecule has 5 unspecified atom stereocenters. The van der Waals surface area contributed by atoms with E-state index < -0.39 is 0 Å². The number of aliphatic hydroxyl groups excluding tert-OH is 1. The smallest absolute Gasteiger partial charge is 0.0765 e. The third-order valence-corrected chi connectivity index (χ3v) is 11.8. The fourth-order valence-corrected chi connectivity index (χ4v) is 10.2. The number of hydrogen-bond acceptors (Lipinski definition) is 3. The van der Waals surface area contributed by atoms with Crippen molar-refractivity contribution in [1.29, 1.82) is 0 Å². The average Bonchev–Trinajstić information content (AvgIpc) is 3.25. The first kappa shape index (κ1) is 24.0. The predicted molar refractivity (Wildman–Crippen MR) is 139 cm³/mol. The number of likely N-dealkylation sites (tertiary alicyclic amines) is 1. The van der Waals surface area contributed by atoms with Crippen molar-refractivity contribution < 1.29 is 9.84 Å². The summed E-state index contributed by atoms with van der Waals surface area (Å²) >= 11 is 6.24. The summed E-state index contributed by atoms with van der Waals surface area (Å²) in [5.41, 5.74) is 5.34. The van der Waals surface area contributed by atoms with Crippen molar-refractivity contribution >= 4 is 11.6 Å². The van der Waals surface area contributed by atoms with Gasteiger partial charge in [-0.2, -0.15) is 0 Å². The average molecular weight is 488 g/mol.